The van der Waals surface area contributed by atoms with E-state index < -0.39 is 0 Å². The van der Waals surface area contributed by atoms with Gasteiger partial charge in [0.15, 0.2) is 5.82 Å². The first-order valence-electron chi connectivity index (χ1n) is 7.85. The number of fused-ring (bicyclic) bond motifs is 4. The maximum atomic E-state index is 4.94. The van der Waals surface area contributed by atoms with E-state index >= 15 is 0 Å². The molecule has 2 aromatic rings. The molecule has 1 aliphatic carbocycles. The summed E-state index contributed by atoms with van der Waals surface area (Å²) in [7, 11) is 0. The monoisotopic (exact) mass is 312 g/mol. The van der Waals surface area contributed by atoms with Gasteiger partial charge in [-0.25, -0.2) is 0 Å². The third-order valence-electron chi connectivity index (χ3n) is 4.41. The Morgan fingerprint density at radius 2 is 2.09 bits per heavy atom. The highest BCUT2D eigenvalue weighted by atomic mass is 32.2. The van der Waals surface area contributed by atoms with Gasteiger partial charge in [0, 0.05) is 12.0 Å². The lowest BCUT2D eigenvalue weighted by Crippen LogP contribution is -2.22. The predicted molar refractivity (Wildman–Crippen MR) is 89.7 cm³/mol. The summed E-state index contributed by atoms with van der Waals surface area (Å²) in [6.07, 6.45) is 0.908. The van der Waals surface area contributed by atoms with Gasteiger partial charge >= 0.3 is 0 Å². The van der Waals surface area contributed by atoms with Crippen LogP contribution in [0.5, 0.6) is 0 Å². The number of nitrogens with zero attached hydrogens (tertiary/aromatic N) is 4. The number of aryl methyl sites for hydroxylation is 1. The fraction of sp³-hybridized carbons (Fsp3) is 0.471. The van der Waals surface area contributed by atoms with Gasteiger partial charge < -0.3 is 0 Å². The molecule has 2 aliphatic rings. The van der Waals surface area contributed by atoms with Crippen LogP contribution >= 0.6 is 11.8 Å². The van der Waals surface area contributed by atoms with Crippen LogP contribution in [-0.2, 0) is 6.42 Å². The zero-order valence-electron chi connectivity index (χ0n) is 13.4. The van der Waals surface area contributed by atoms with E-state index in [9.17, 15) is 0 Å². The highest BCUT2D eigenvalue weighted by Gasteiger charge is 2.40. The summed E-state index contributed by atoms with van der Waals surface area (Å²) >= 11 is 1.80. The summed E-state index contributed by atoms with van der Waals surface area (Å²) in [4.78, 5) is 0. The van der Waals surface area contributed by atoms with Crippen molar-refractivity contribution in [1.29, 1.82) is 0 Å². The number of aromatic nitrogens is 3. The maximum absolute atomic E-state index is 4.94. The largest absolute Gasteiger partial charge is 0.212 e. The van der Waals surface area contributed by atoms with E-state index in [0.717, 1.165) is 17.4 Å². The number of hydrogen-bond acceptors (Lipinski definition) is 4. The Morgan fingerprint density at radius 1 is 1.27 bits per heavy atom. The van der Waals surface area contributed by atoms with E-state index in [1.165, 1.54) is 22.4 Å². The van der Waals surface area contributed by atoms with Crippen molar-refractivity contribution in [1.82, 2.24) is 14.9 Å². The fourth-order valence-corrected chi connectivity index (χ4v) is 4.49. The van der Waals surface area contributed by atoms with Gasteiger partial charge in [-0.1, -0.05) is 50.2 Å². The Bertz CT molecular complexity index is 775. The smallest absolute Gasteiger partial charge is 0.191 e. The van der Waals surface area contributed by atoms with Gasteiger partial charge in [0.1, 0.15) is 0 Å². The molecule has 1 aromatic carbocycles. The van der Waals surface area contributed by atoms with Gasteiger partial charge in [0.05, 0.1) is 11.0 Å². The number of benzene rings is 1. The van der Waals surface area contributed by atoms with Crippen molar-refractivity contribution in [2.45, 2.75) is 50.4 Å². The topological polar surface area (TPSA) is 43.1 Å². The van der Waals surface area contributed by atoms with Gasteiger partial charge in [-0.15, -0.1) is 10.2 Å². The molecule has 5 heteroatoms. The van der Waals surface area contributed by atoms with Crippen molar-refractivity contribution >= 4 is 17.5 Å². The second kappa shape index (κ2) is 4.95. The summed E-state index contributed by atoms with van der Waals surface area (Å²) in [5.41, 5.74) is 5.19. The summed E-state index contributed by atoms with van der Waals surface area (Å²) in [6, 6.07) is 6.72. The molecule has 1 aliphatic heterocycles. The van der Waals surface area contributed by atoms with Gasteiger partial charge in [-0.3, -0.25) is 0 Å². The minimum Gasteiger partial charge on any atom is -0.191 e. The van der Waals surface area contributed by atoms with Crippen LogP contribution in [0.15, 0.2) is 28.5 Å². The van der Waals surface area contributed by atoms with Crippen molar-refractivity contribution < 1.29 is 0 Å². The summed E-state index contributed by atoms with van der Waals surface area (Å²) in [6.45, 7) is 8.83. The summed E-state index contributed by atoms with van der Waals surface area (Å²) < 4.78 is 1.96. The highest BCUT2D eigenvalue weighted by Crippen LogP contribution is 2.45. The van der Waals surface area contributed by atoms with Gasteiger partial charge in [-0.05, 0) is 30.4 Å². The van der Waals surface area contributed by atoms with Crippen molar-refractivity contribution in [3.05, 3.63) is 40.7 Å². The molecule has 2 heterocycles. The molecule has 0 bridgehead atoms. The van der Waals surface area contributed by atoms with Crippen molar-refractivity contribution in [3.8, 4) is 0 Å². The van der Waals surface area contributed by atoms with Gasteiger partial charge in [-0.2, -0.15) is 9.78 Å². The first-order chi connectivity index (χ1) is 10.5. The average Bonchev–Trinajstić information content (AvgIpc) is 2.98. The van der Waals surface area contributed by atoms with E-state index in [-0.39, 0.29) is 0 Å². The predicted octanol–water partition coefficient (Wildman–Crippen LogP) is 3.63. The second-order valence-electron chi connectivity index (χ2n) is 6.71. The molecule has 0 amide bonds. The van der Waals surface area contributed by atoms with E-state index in [1.807, 2.05) is 4.68 Å². The molecule has 4 nitrogen and oxygen atoms in total. The van der Waals surface area contributed by atoms with Crippen LogP contribution in [0.25, 0.3) is 0 Å². The summed E-state index contributed by atoms with van der Waals surface area (Å²) in [5.74, 6) is 1.99. The quantitative estimate of drug-likeness (QED) is 0.850. The van der Waals surface area contributed by atoms with Gasteiger partial charge in [0.25, 0.3) is 0 Å². The Kier molecular flexibility index (Phi) is 3.15. The molecule has 2 unspecified atom stereocenters. The lowest BCUT2D eigenvalue weighted by molar-refractivity contribution is 0.586. The zero-order chi connectivity index (χ0) is 15.4. The Labute approximate surface area is 135 Å². The minimum atomic E-state index is 0.361. The minimum absolute atomic E-state index is 0.361. The molecule has 0 radical (unpaired) electrons. The van der Waals surface area contributed by atoms with Crippen LogP contribution in [0.2, 0.25) is 0 Å². The molecule has 0 fully saturated rings. The molecule has 0 saturated heterocycles. The number of hydrogen-bond donors (Lipinski definition) is 0. The average molecular weight is 312 g/mol. The zero-order valence-corrected chi connectivity index (χ0v) is 14.2. The fourth-order valence-electron chi connectivity index (χ4n) is 3.29. The van der Waals surface area contributed by atoms with Gasteiger partial charge in [0.2, 0.25) is 5.16 Å². The molecular formula is C17H20N4S. The molecule has 114 valence electrons. The molecular weight excluding hydrogens is 292 g/mol. The molecule has 0 saturated carbocycles. The lowest BCUT2D eigenvalue weighted by Gasteiger charge is -2.20. The molecule has 2 atom stereocenters. The van der Waals surface area contributed by atoms with Crippen LogP contribution in [-0.4, -0.2) is 25.8 Å². The standard InChI is InChI=1S/C17H20N4S/c1-9(2)7-14-18-19-17-21(14)20-15-13-8-10(3)5-6-12(13)11(4)16(15)22-17/h5-6,8-9,11,16H,7H2,1-4H3. The Hall–Kier alpha value is -1.62. The number of thioether (sulfide) groups is 1. The molecule has 4 rings (SSSR count). The Balaban J connectivity index is 1.84. The third kappa shape index (κ3) is 2.02. The van der Waals surface area contributed by atoms with Crippen LogP contribution in [0.4, 0.5) is 0 Å². The number of rotatable bonds is 2. The second-order valence-corrected chi connectivity index (χ2v) is 7.82. The Morgan fingerprint density at radius 3 is 2.86 bits per heavy atom. The normalized spacial score (nSPS) is 22.3. The van der Waals surface area contributed by atoms with E-state index in [0.29, 0.717) is 17.1 Å². The van der Waals surface area contributed by atoms with Crippen LogP contribution in [0.1, 0.15) is 49.2 Å². The molecule has 22 heavy (non-hydrogen) atoms. The van der Waals surface area contributed by atoms with Crippen LogP contribution < -0.4 is 0 Å². The van der Waals surface area contributed by atoms with Crippen LogP contribution in [0.3, 0.4) is 0 Å². The highest BCUT2D eigenvalue weighted by molar-refractivity contribution is 8.00. The van der Waals surface area contributed by atoms with Crippen molar-refractivity contribution in [2.24, 2.45) is 11.0 Å². The van der Waals surface area contributed by atoms with Crippen LogP contribution in [0, 0.1) is 12.8 Å². The van der Waals surface area contributed by atoms with Crippen molar-refractivity contribution in [2.75, 3.05) is 0 Å². The maximum Gasteiger partial charge on any atom is 0.212 e. The first-order valence-corrected chi connectivity index (χ1v) is 8.73. The molecule has 0 spiro atoms. The van der Waals surface area contributed by atoms with E-state index in [4.69, 9.17) is 5.10 Å². The lowest BCUT2D eigenvalue weighted by atomic mass is 10.0. The van der Waals surface area contributed by atoms with E-state index in [1.54, 1.807) is 11.8 Å². The van der Waals surface area contributed by atoms with Crippen molar-refractivity contribution in [3.63, 3.8) is 0 Å². The SMILES string of the molecule is Cc1ccc2c(c1)C1=Nn3c(CC(C)C)nnc3SC1C2C. The first kappa shape index (κ1) is 14.0. The third-order valence-corrected chi connectivity index (χ3v) is 5.76. The van der Waals surface area contributed by atoms with E-state index in [2.05, 4.69) is 56.1 Å². The molecule has 1 aromatic heterocycles. The summed E-state index contributed by atoms with van der Waals surface area (Å²) in [5, 5.41) is 14.9. The molecule has 0 N–H and O–H groups in total.